The van der Waals surface area contributed by atoms with Crippen molar-refractivity contribution in [2.45, 2.75) is 65.0 Å². The van der Waals surface area contributed by atoms with Crippen LogP contribution in [0.3, 0.4) is 0 Å². The molecule has 0 radical (unpaired) electrons. The Balaban J connectivity index is 1.46. The van der Waals surface area contributed by atoms with E-state index in [9.17, 15) is 19.5 Å². The molecule has 0 aliphatic carbocycles. The maximum absolute atomic E-state index is 14.3. The van der Waals surface area contributed by atoms with Crippen molar-refractivity contribution in [1.29, 1.82) is 0 Å². The molecule has 1 unspecified atom stereocenters. The van der Waals surface area contributed by atoms with Crippen molar-refractivity contribution in [3.05, 3.63) is 47.5 Å². The number of fused-ring (bicyclic) bond motifs is 1. The van der Waals surface area contributed by atoms with Crippen LogP contribution in [0.2, 0.25) is 0 Å². The highest BCUT2D eigenvalue weighted by Crippen LogP contribution is 2.47. The molecule has 2 saturated heterocycles. The fourth-order valence-corrected chi connectivity index (χ4v) is 7.57. The summed E-state index contributed by atoms with van der Waals surface area (Å²) in [4.78, 5) is 46.1. The number of aliphatic carboxylic acids is 1. The first-order chi connectivity index (χ1) is 22.7. The molecule has 3 aliphatic heterocycles. The lowest BCUT2D eigenvalue weighted by Gasteiger charge is -2.31. The van der Waals surface area contributed by atoms with Crippen LogP contribution in [0.4, 0.5) is 5.69 Å². The lowest BCUT2D eigenvalue weighted by atomic mass is 9.84. The molecule has 5 rings (SSSR count). The number of amides is 2. The molecule has 48 heavy (non-hydrogen) atoms. The van der Waals surface area contributed by atoms with E-state index in [1.165, 1.54) is 0 Å². The van der Waals surface area contributed by atoms with Crippen LogP contribution in [0.1, 0.15) is 63.5 Å². The van der Waals surface area contributed by atoms with E-state index < -0.39 is 23.8 Å². The maximum Gasteiger partial charge on any atom is 0.308 e. The zero-order valence-electron chi connectivity index (χ0n) is 29.7. The molecule has 3 atom stereocenters. The van der Waals surface area contributed by atoms with Crippen molar-refractivity contribution < 1.29 is 38.2 Å². The van der Waals surface area contributed by atoms with Gasteiger partial charge in [0.1, 0.15) is 6.54 Å². The number of ether oxygens (including phenoxy) is 3. The topological polar surface area (TPSA) is 109 Å². The van der Waals surface area contributed by atoms with Gasteiger partial charge in [0.15, 0.2) is 11.5 Å². The minimum atomic E-state index is -0.930. The van der Waals surface area contributed by atoms with E-state index in [1.54, 1.807) is 7.11 Å². The molecule has 2 amide bonds. The molecule has 2 fully saturated rings. The van der Waals surface area contributed by atoms with Crippen LogP contribution >= 0.6 is 0 Å². The van der Waals surface area contributed by atoms with Gasteiger partial charge in [-0.2, -0.15) is 0 Å². The third-order valence-electron chi connectivity index (χ3n) is 9.69. The molecule has 3 heterocycles. The highest BCUT2D eigenvalue weighted by atomic mass is 16.7. The minimum absolute atomic E-state index is 0.0647. The van der Waals surface area contributed by atoms with Crippen LogP contribution in [0.25, 0.3) is 0 Å². The van der Waals surface area contributed by atoms with Gasteiger partial charge in [-0.15, -0.1) is 0 Å². The van der Waals surface area contributed by atoms with Gasteiger partial charge < -0.3 is 33.6 Å². The molecule has 0 spiro atoms. The van der Waals surface area contributed by atoms with Gasteiger partial charge in [-0.1, -0.05) is 39.3 Å². The molecule has 11 nitrogen and oxygen atoms in total. The summed E-state index contributed by atoms with van der Waals surface area (Å²) in [6.45, 7) is 9.22. The second-order valence-corrected chi connectivity index (χ2v) is 15.4. The average Bonchev–Trinajstić information content (AvgIpc) is 3.69. The molecule has 0 saturated carbocycles. The van der Waals surface area contributed by atoms with E-state index in [4.69, 9.17) is 14.2 Å². The number of hydrogen-bond donors (Lipinski definition) is 1. The lowest BCUT2D eigenvalue weighted by molar-refractivity contribution is -0.884. The number of rotatable bonds is 14. The van der Waals surface area contributed by atoms with E-state index >= 15 is 0 Å². The second kappa shape index (κ2) is 14.3. The summed E-state index contributed by atoms with van der Waals surface area (Å²) in [5.41, 5.74) is 2.64. The third kappa shape index (κ3) is 8.06. The molecule has 1 N–H and O–H groups in total. The van der Waals surface area contributed by atoms with Crippen molar-refractivity contribution in [1.82, 2.24) is 9.80 Å². The monoisotopic (exact) mass is 665 g/mol. The summed E-state index contributed by atoms with van der Waals surface area (Å²) in [6, 6.07) is 11.4. The molecule has 11 heteroatoms. The molecule has 0 aromatic heterocycles. The normalized spacial score (nSPS) is 21.9. The smallest absolute Gasteiger partial charge is 0.308 e. The predicted molar refractivity (Wildman–Crippen MR) is 183 cm³/mol. The van der Waals surface area contributed by atoms with Crippen molar-refractivity contribution in [3.8, 4) is 17.2 Å². The molecule has 2 aromatic carbocycles. The van der Waals surface area contributed by atoms with E-state index in [2.05, 4.69) is 54.0 Å². The summed E-state index contributed by atoms with van der Waals surface area (Å²) >= 11 is 0. The summed E-state index contributed by atoms with van der Waals surface area (Å²) in [6.07, 6.45) is 2.70. The Morgan fingerprint density at radius 3 is 2.56 bits per heavy atom. The molecule has 2 aromatic rings. The van der Waals surface area contributed by atoms with E-state index in [0.717, 1.165) is 40.7 Å². The molecular weight excluding hydrogens is 612 g/mol. The van der Waals surface area contributed by atoms with Gasteiger partial charge in [-0.25, -0.2) is 0 Å². The van der Waals surface area contributed by atoms with Crippen LogP contribution in [-0.4, -0.2) is 111 Å². The minimum Gasteiger partial charge on any atom is -0.493 e. The Bertz CT molecular complexity index is 1500. The van der Waals surface area contributed by atoms with Crippen molar-refractivity contribution >= 4 is 23.5 Å². The summed E-state index contributed by atoms with van der Waals surface area (Å²) in [5, 5.41) is 10.7. The Labute approximate surface area is 284 Å². The Kier molecular flexibility index (Phi) is 10.6. The number of carboxylic acid groups (broad SMARTS) is 1. The zero-order chi connectivity index (χ0) is 34.8. The zero-order valence-corrected chi connectivity index (χ0v) is 29.7. The van der Waals surface area contributed by atoms with Crippen molar-refractivity contribution in [2.75, 3.05) is 72.7 Å². The number of benzene rings is 2. The predicted octanol–water partition coefficient (Wildman–Crippen LogP) is 4.58. The number of anilines is 1. The van der Waals surface area contributed by atoms with Gasteiger partial charge in [0, 0.05) is 55.8 Å². The number of quaternary nitrogens is 1. The van der Waals surface area contributed by atoms with E-state index in [0.29, 0.717) is 56.3 Å². The van der Waals surface area contributed by atoms with Crippen molar-refractivity contribution in [2.24, 2.45) is 11.3 Å². The number of likely N-dealkylation sites (tertiary alicyclic amines) is 2. The van der Waals surface area contributed by atoms with Gasteiger partial charge in [-0.05, 0) is 48.1 Å². The first-order valence-corrected chi connectivity index (χ1v) is 17.1. The van der Waals surface area contributed by atoms with E-state index in [1.807, 2.05) is 39.0 Å². The maximum atomic E-state index is 14.3. The largest absolute Gasteiger partial charge is 0.493 e. The lowest BCUT2D eigenvalue weighted by Crippen LogP contribution is -2.45. The van der Waals surface area contributed by atoms with Crippen LogP contribution in [0.5, 0.6) is 17.2 Å². The molecule has 262 valence electrons. The van der Waals surface area contributed by atoms with Gasteiger partial charge in [0.2, 0.25) is 24.4 Å². The standard InChI is InChI=1S/C37H52N4O7/c1-8-9-14-40(27-12-10-11-25(16-27)22-41(4,5)6)33(43)21-39-20-28(26-17-30(46-7)35-31(18-26)47-24-48-35)34(36(44)45)29(39)13-15-38-23-37(2,3)19-32(38)42/h10-12,16-18,28-29,34H,8-9,13-15,19-24H2,1-7H3/p+1/t28-,29+,34?/m1/s1. The van der Waals surface area contributed by atoms with E-state index in [-0.39, 0.29) is 30.6 Å². The SMILES string of the molecule is CCCCN(C(=O)CN1C[C@H](c2cc(OC)c3c(c2)OCO3)C(C(=O)O)[C@@H]1CCN1CC(C)(C)CC1=O)c1cccc(C[N+](C)(C)C)c1. The first-order valence-electron chi connectivity index (χ1n) is 17.1. The fourth-order valence-electron chi connectivity index (χ4n) is 7.57. The summed E-state index contributed by atoms with van der Waals surface area (Å²) in [7, 11) is 7.97. The van der Waals surface area contributed by atoms with Gasteiger partial charge in [0.05, 0.1) is 40.7 Å². The van der Waals surface area contributed by atoms with Crippen LogP contribution in [0, 0.1) is 11.3 Å². The second-order valence-electron chi connectivity index (χ2n) is 15.4. The van der Waals surface area contributed by atoms with Crippen LogP contribution in [0.15, 0.2) is 36.4 Å². The first kappa shape index (κ1) is 35.5. The average molecular weight is 666 g/mol. The Morgan fingerprint density at radius 2 is 1.92 bits per heavy atom. The highest BCUT2D eigenvalue weighted by molar-refractivity contribution is 5.95. The Hall–Kier alpha value is -3.83. The van der Waals surface area contributed by atoms with Gasteiger partial charge in [0.25, 0.3) is 0 Å². The number of carbonyl (C=O) groups excluding carboxylic acids is 2. The number of carboxylic acids is 1. The quantitative estimate of drug-likeness (QED) is 0.292. The number of hydrogen-bond acceptors (Lipinski definition) is 7. The molecule has 0 bridgehead atoms. The van der Waals surface area contributed by atoms with Crippen LogP contribution in [-0.2, 0) is 20.9 Å². The highest BCUT2D eigenvalue weighted by Gasteiger charge is 2.48. The molecular formula is C37H53N4O7+. The number of nitrogens with zero attached hydrogens (tertiary/aromatic N) is 4. The fraction of sp³-hybridized carbons (Fsp3) is 0.595. The summed E-state index contributed by atoms with van der Waals surface area (Å²) < 4.78 is 17.7. The molecule has 3 aliphatic rings. The van der Waals surface area contributed by atoms with Crippen molar-refractivity contribution in [3.63, 3.8) is 0 Å². The van der Waals surface area contributed by atoms with Crippen LogP contribution < -0.4 is 19.1 Å². The van der Waals surface area contributed by atoms with Gasteiger partial charge in [-0.3, -0.25) is 19.3 Å². The third-order valence-corrected chi connectivity index (χ3v) is 9.69. The number of methoxy groups -OCH3 is 1. The van der Waals surface area contributed by atoms with Gasteiger partial charge >= 0.3 is 5.97 Å². The summed E-state index contributed by atoms with van der Waals surface area (Å²) in [5.74, 6) is -0.656. The number of carbonyl (C=O) groups is 3. The number of unbranched alkanes of at least 4 members (excludes halogenated alkanes) is 1. The Morgan fingerprint density at radius 1 is 1.15 bits per heavy atom.